The van der Waals surface area contributed by atoms with E-state index in [1.807, 2.05) is 25.1 Å². The van der Waals surface area contributed by atoms with Crippen LogP contribution in [0, 0.1) is 13.8 Å². The second-order valence-corrected chi connectivity index (χ2v) is 8.88. The van der Waals surface area contributed by atoms with Gasteiger partial charge in [-0.1, -0.05) is 47.2 Å². The number of ether oxygens (including phenoxy) is 1. The van der Waals surface area contributed by atoms with Gasteiger partial charge in [0.1, 0.15) is 5.75 Å². The molecule has 0 fully saturated rings. The lowest BCUT2D eigenvalue weighted by molar-refractivity contribution is -0.112. The summed E-state index contributed by atoms with van der Waals surface area (Å²) in [5.74, 6) is 0.757. The molecule has 3 rings (SSSR count). The normalized spacial score (nSPS) is 19.2. The summed E-state index contributed by atoms with van der Waals surface area (Å²) < 4.78 is 5.59. The summed E-state index contributed by atoms with van der Waals surface area (Å²) in [5.41, 5.74) is 5.14. The van der Waals surface area contributed by atoms with Crippen LogP contribution in [0.25, 0.3) is 0 Å². The van der Waals surface area contributed by atoms with Crippen molar-refractivity contribution in [3.05, 3.63) is 58.7 Å². The molecule has 24 heavy (non-hydrogen) atoms. The molecule has 2 unspecified atom stereocenters. The van der Waals surface area contributed by atoms with E-state index in [4.69, 9.17) is 4.74 Å². The smallest absolute Gasteiger partial charge is 0.227 e. The monoisotopic (exact) mass is 358 g/mol. The molecule has 2 aromatic rings. The molecule has 0 heterocycles. The van der Waals surface area contributed by atoms with E-state index >= 15 is 0 Å². The Hall–Kier alpha value is -1.31. The first-order valence-electron chi connectivity index (χ1n) is 8.18. The molecule has 0 aromatic heterocycles. The van der Waals surface area contributed by atoms with E-state index in [0.717, 1.165) is 23.9 Å². The minimum absolute atomic E-state index is 0.0795. The van der Waals surface area contributed by atoms with Crippen molar-refractivity contribution >= 4 is 31.4 Å². The van der Waals surface area contributed by atoms with Gasteiger partial charge < -0.3 is 4.74 Å². The van der Waals surface area contributed by atoms with Crippen LogP contribution in [0.2, 0.25) is 0 Å². The van der Waals surface area contributed by atoms with E-state index in [1.54, 1.807) is 0 Å². The Kier molecular flexibility index (Phi) is 5.03. The van der Waals surface area contributed by atoms with Gasteiger partial charge in [-0.2, -0.15) is 0 Å². The summed E-state index contributed by atoms with van der Waals surface area (Å²) in [5, 5.41) is 1.07. The van der Waals surface area contributed by atoms with Crippen molar-refractivity contribution in [3.63, 3.8) is 0 Å². The summed E-state index contributed by atoms with van der Waals surface area (Å²) in [6.07, 6.45) is 2.05. The molecule has 0 spiro atoms. The van der Waals surface area contributed by atoms with Gasteiger partial charge in [0.05, 0.1) is 0 Å². The highest BCUT2D eigenvalue weighted by Crippen LogP contribution is 2.47. The zero-order chi connectivity index (χ0) is 17.3. The Balaban J connectivity index is 1.65. The summed E-state index contributed by atoms with van der Waals surface area (Å²) in [6.45, 7) is 6.43. The number of rotatable bonds is 4. The molecular weight excluding hydrogens is 335 g/mol. The second-order valence-electron chi connectivity index (χ2n) is 6.70. The third-order valence-corrected chi connectivity index (χ3v) is 6.22. The van der Waals surface area contributed by atoms with E-state index in [9.17, 15) is 4.79 Å². The summed E-state index contributed by atoms with van der Waals surface area (Å²) in [6, 6.07) is 12.5. The highest BCUT2D eigenvalue weighted by Gasteiger charge is 2.37. The minimum atomic E-state index is -0.138. The van der Waals surface area contributed by atoms with Gasteiger partial charge in [0.15, 0.2) is 6.61 Å². The van der Waals surface area contributed by atoms with Gasteiger partial charge in [-0.25, -0.2) is 0 Å². The molecule has 1 aliphatic rings. The number of carbonyl (C=O) groups is 1. The first kappa shape index (κ1) is 17.5. The maximum Gasteiger partial charge on any atom is 0.227 e. The molecule has 0 saturated heterocycles. The molecule has 0 aliphatic heterocycles. The third-order valence-electron chi connectivity index (χ3n) is 4.55. The predicted octanol–water partition coefficient (Wildman–Crippen LogP) is 4.30. The number of aryl methyl sites for hydroxylation is 3. The maximum absolute atomic E-state index is 12.5. The van der Waals surface area contributed by atoms with Crippen LogP contribution in [0.4, 0.5) is 0 Å². The van der Waals surface area contributed by atoms with Gasteiger partial charge in [-0.05, 0) is 56.9 Å². The predicted molar refractivity (Wildman–Crippen MR) is 105 cm³/mol. The lowest BCUT2D eigenvalue weighted by Crippen LogP contribution is -2.20. The van der Waals surface area contributed by atoms with Crippen LogP contribution in [-0.2, 0) is 16.0 Å². The number of thioether (sulfide) groups is 1. The first-order chi connectivity index (χ1) is 11.4. The average Bonchev–Trinajstić information content (AvgIpc) is 2.82. The molecule has 126 valence electrons. The quantitative estimate of drug-likeness (QED) is 0.762. The van der Waals surface area contributed by atoms with Crippen LogP contribution < -0.4 is 10.0 Å². The SMILES string of the molecule is Cc1ccc(OCC(=O)SC2(C)CCc3cc(C)ccc32)c(P)c1. The molecule has 2 atom stereocenters. The Labute approximate surface area is 150 Å². The largest absolute Gasteiger partial charge is 0.484 e. The maximum atomic E-state index is 12.5. The molecule has 0 bridgehead atoms. The zero-order valence-electron chi connectivity index (χ0n) is 14.4. The summed E-state index contributed by atoms with van der Waals surface area (Å²) in [7, 11) is 2.66. The molecule has 4 heteroatoms. The van der Waals surface area contributed by atoms with Crippen molar-refractivity contribution in [1.29, 1.82) is 0 Å². The van der Waals surface area contributed by atoms with Crippen molar-refractivity contribution in [1.82, 2.24) is 0 Å². The van der Waals surface area contributed by atoms with Crippen LogP contribution in [0.1, 0.15) is 35.6 Å². The third kappa shape index (κ3) is 3.68. The molecule has 0 radical (unpaired) electrons. The molecule has 1 aliphatic carbocycles. The van der Waals surface area contributed by atoms with E-state index in [2.05, 4.69) is 41.3 Å². The van der Waals surface area contributed by atoms with E-state index in [0.29, 0.717) is 0 Å². The average molecular weight is 358 g/mol. The fraction of sp³-hybridized carbons (Fsp3) is 0.350. The molecule has 2 nitrogen and oxygen atoms in total. The van der Waals surface area contributed by atoms with E-state index in [-0.39, 0.29) is 16.5 Å². The van der Waals surface area contributed by atoms with Gasteiger partial charge in [-0.15, -0.1) is 9.24 Å². The topological polar surface area (TPSA) is 26.3 Å². The standard InChI is InChI=1S/C20H23O2PS/c1-13-4-6-16-15(10-13)8-9-20(16,3)24-19(21)12-22-17-7-5-14(2)11-18(17)23/h4-7,10-11H,8-9,12,23H2,1-3H3. The lowest BCUT2D eigenvalue weighted by Gasteiger charge is -2.24. The highest BCUT2D eigenvalue weighted by molar-refractivity contribution is 8.14. The first-order valence-corrected chi connectivity index (χ1v) is 9.57. The lowest BCUT2D eigenvalue weighted by atomic mass is 10.0. The highest BCUT2D eigenvalue weighted by atomic mass is 32.2. The number of hydrogen-bond acceptors (Lipinski definition) is 3. The van der Waals surface area contributed by atoms with Crippen LogP contribution in [0.3, 0.4) is 0 Å². The van der Waals surface area contributed by atoms with Crippen molar-refractivity contribution in [3.8, 4) is 5.75 Å². The Bertz CT molecular complexity index is 787. The molecular formula is C20H23O2PS. The van der Waals surface area contributed by atoms with E-state index < -0.39 is 0 Å². The van der Waals surface area contributed by atoms with Crippen molar-refractivity contribution in [2.75, 3.05) is 6.61 Å². The Morgan fingerprint density at radius 1 is 1.21 bits per heavy atom. The van der Waals surface area contributed by atoms with Gasteiger partial charge >= 0.3 is 0 Å². The summed E-state index contributed by atoms with van der Waals surface area (Å²) in [4.78, 5) is 12.5. The molecule has 0 N–H and O–H groups in total. The molecule has 0 amide bonds. The molecule has 2 aromatic carbocycles. The van der Waals surface area contributed by atoms with Gasteiger partial charge in [0.2, 0.25) is 5.12 Å². The van der Waals surface area contributed by atoms with Crippen molar-refractivity contribution in [2.45, 2.75) is 38.4 Å². The van der Waals surface area contributed by atoms with Crippen LogP contribution in [0.15, 0.2) is 36.4 Å². The van der Waals surface area contributed by atoms with Crippen molar-refractivity contribution < 1.29 is 9.53 Å². The number of hydrogen-bond donors (Lipinski definition) is 0. The number of carbonyl (C=O) groups excluding carboxylic acids is 1. The van der Waals surface area contributed by atoms with Crippen LogP contribution in [-0.4, -0.2) is 11.7 Å². The fourth-order valence-electron chi connectivity index (χ4n) is 3.28. The van der Waals surface area contributed by atoms with Crippen molar-refractivity contribution in [2.24, 2.45) is 0 Å². The van der Waals surface area contributed by atoms with Gasteiger partial charge in [0.25, 0.3) is 0 Å². The van der Waals surface area contributed by atoms with Crippen LogP contribution in [0.5, 0.6) is 5.75 Å². The zero-order valence-corrected chi connectivity index (χ0v) is 16.4. The summed E-state index contributed by atoms with van der Waals surface area (Å²) >= 11 is 1.42. The van der Waals surface area contributed by atoms with Gasteiger partial charge in [0, 0.05) is 10.1 Å². The van der Waals surface area contributed by atoms with Gasteiger partial charge in [-0.3, -0.25) is 4.79 Å². The minimum Gasteiger partial charge on any atom is -0.484 e. The Morgan fingerprint density at radius 2 is 1.92 bits per heavy atom. The van der Waals surface area contributed by atoms with E-state index in [1.165, 1.54) is 34.0 Å². The number of fused-ring (bicyclic) bond motifs is 1. The fourth-order valence-corrected chi connectivity index (χ4v) is 4.85. The van der Waals surface area contributed by atoms with Crippen LogP contribution >= 0.6 is 21.0 Å². The molecule has 0 saturated carbocycles. The number of benzene rings is 2. The Morgan fingerprint density at radius 3 is 2.67 bits per heavy atom. The second kappa shape index (κ2) is 6.90.